The number of nitrogen functional groups attached to an aromatic ring is 1. The molecule has 1 amide bonds. The average Bonchev–Trinajstić information content (AvgIpc) is 2.55. The quantitative estimate of drug-likeness (QED) is 0.900. The first-order chi connectivity index (χ1) is 11.2. The molecule has 3 N–H and O–H groups in total. The zero-order valence-electron chi connectivity index (χ0n) is 12.6. The summed E-state index contributed by atoms with van der Waals surface area (Å²) in [6.07, 6.45) is -0.548. The number of aliphatic imine (C=N–C) groups is 1. The summed E-state index contributed by atoms with van der Waals surface area (Å²) in [5.74, 6) is 1.39. The molecule has 2 aromatic rings. The van der Waals surface area contributed by atoms with Crippen molar-refractivity contribution in [3.05, 3.63) is 42.0 Å². The van der Waals surface area contributed by atoms with Gasteiger partial charge in [-0.05, 0) is 18.6 Å². The second kappa shape index (κ2) is 6.70. The maximum Gasteiger partial charge on any atom is 0.412 e. The summed E-state index contributed by atoms with van der Waals surface area (Å²) in [7, 11) is 0. The molecular formula is C16H16N4O2S. The zero-order chi connectivity index (χ0) is 16.2. The first kappa shape index (κ1) is 15.4. The average molecular weight is 328 g/mol. The van der Waals surface area contributed by atoms with Crippen molar-refractivity contribution in [2.24, 2.45) is 4.99 Å². The van der Waals surface area contributed by atoms with E-state index in [0.717, 1.165) is 21.9 Å². The lowest BCUT2D eigenvalue weighted by atomic mass is 10.1. The van der Waals surface area contributed by atoms with Gasteiger partial charge in [-0.1, -0.05) is 30.3 Å². The van der Waals surface area contributed by atoms with Crippen molar-refractivity contribution < 1.29 is 9.53 Å². The third-order valence-electron chi connectivity index (χ3n) is 3.21. The van der Waals surface area contributed by atoms with Crippen LogP contribution < -0.4 is 11.1 Å². The molecule has 0 aliphatic carbocycles. The molecule has 7 heteroatoms. The fraction of sp³-hybridized carbons (Fsp3) is 0.188. The number of nitrogens with zero attached hydrogens (tertiary/aromatic N) is 2. The van der Waals surface area contributed by atoms with Crippen molar-refractivity contribution in [3.63, 3.8) is 0 Å². The van der Waals surface area contributed by atoms with Gasteiger partial charge >= 0.3 is 6.09 Å². The number of carbonyl (C=O) groups is 1. The van der Waals surface area contributed by atoms with E-state index in [-0.39, 0.29) is 5.82 Å². The molecule has 0 bridgehead atoms. The Balaban J connectivity index is 1.90. The summed E-state index contributed by atoms with van der Waals surface area (Å²) in [6, 6.07) is 11.7. The molecule has 6 nitrogen and oxygen atoms in total. The van der Waals surface area contributed by atoms with Gasteiger partial charge in [0.05, 0.1) is 12.3 Å². The molecule has 3 rings (SSSR count). The van der Waals surface area contributed by atoms with Crippen LogP contribution in [-0.2, 0) is 4.74 Å². The molecule has 23 heavy (non-hydrogen) atoms. The van der Waals surface area contributed by atoms with E-state index in [0.29, 0.717) is 18.1 Å². The number of benzene rings is 1. The number of nitrogens with two attached hydrogens (primary N) is 1. The zero-order valence-corrected chi connectivity index (χ0v) is 13.4. The molecule has 0 radical (unpaired) electrons. The molecule has 118 valence electrons. The van der Waals surface area contributed by atoms with Gasteiger partial charge in [0.25, 0.3) is 0 Å². The van der Waals surface area contributed by atoms with Crippen LogP contribution >= 0.6 is 11.8 Å². The Bertz CT molecular complexity index is 762. The Morgan fingerprint density at radius 2 is 2.17 bits per heavy atom. The van der Waals surface area contributed by atoms with Crippen molar-refractivity contribution in [2.45, 2.75) is 11.8 Å². The number of hydrogen-bond acceptors (Lipinski definition) is 6. The predicted octanol–water partition coefficient (Wildman–Crippen LogP) is 3.46. The first-order valence-electron chi connectivity index (χ1n) is 7.17. The number of nitrogens with one attached hydrogen (secondary N) is 1. The van der Waals surface area contributed by atoms with Crippen molar-refractivity contribution >= 4 is 40.9 Å². The van der Waals surface area contributed by atoms with Gasteiger partial charge in [-0.25, -0.2) is 14.8 Å². The van der Waals surface area contributed by atoms with Crippen LogP contribution in [0.5, 0.6) is 0 Å². The molecule has 1 aromatic heterocycles. The van der Waals surface area contributed by atoms with E-state index in [2.05, 4.69) is 15.3 Å². The Kier molecular flexibility index (Phi) is 4.47. The van der Waals surface area contributed by atoms with E-state index in [1.54, 1.807) is 24.8 Å². The van der Waals surface area contributed by atoms with Crippen LogP contribution in [0, 0.1) is 0 Å². The fourth-order valence-electron chi connectivity index (χ4n) is 2.18. The summed E-state index contributed by atoms with van der Waals surface area (Å²) >= 11 is 1.62. The number of ether oxygens (including phenoxy) is 1. The molecule has 1 aliphatic heterocycles. The van der Waals surface area contributed by atoms with Gasteiger partial charge in [0.1, 0.15) is 11.5 Å². The molecule has 0 saturated heterocycles. The molecular weight excluding hydrogens is 312 g/mol. The number of rotatable bonds is 3. The van der Waals surface area contributed by atoms with Crippen LogP contribution in [0.15, 0.2) is 46.3 Å². The lowest BCUT2D eigenvalue weighted by Gasteiger charge is -2.17. The molecule has 0 unspecified atom stereocenters. The maximum absolute atomic E-state index is 11.5. The van der Waals surface area contributed by atoms with E-state index < -0.39 is 6.09 Å². The highest BCUT2D eigenvalue weighted by atomic mass is 32.2. The van der Waals surface area contributed by atoms with Gasteiger partial charge in [-0.3, -0.25) is 5.32 Å². The molecule has 0 atom stereocenters. The minimum Gasteiger partial charge on any atom is -0.450 e. The standard InChI is InChI=1S/C16H16N4O2S/c1-2-22-16(21)20-13-8-12-14(15(17)19-13)18-11(9-23-12)10-6-4-3-5-7-10/h3-8H,2,9H2,1H3,(H3,17,19,20,21). The lowest BCUT2D eigenvalue weighted by molar-refractivity contribution is 0.168. The van der Waals surface area contributed by atoms with Gasteiger partial charge in [0, 0.05) is 10.6 Å². The summed E-state index contributed by atoms with van der Waals surface area (Å²) < 4.78 is 4.84. The number of carbonyl (C=O) groups excluding carboxylic acids is 1. The van der Waals surface area contributed by atoms with Gasteiger partial charge in [0.2, 0.25) is 0 Å². The molecule has 2 heterocycles. The van der Waals surface area contributed by atoms with Gasteiger partial charge < -0.3 is 10.5 Å². The third kappa shape index (κ3) is 3.45. The van der Waals surface area contributed by atoms with Crippen LogP contribution in [0.25, 0.3) is 0 Å². The SMILES string of the molecule is CCOC(=O)Nc1cc2c(c(N)n1)N=C(c1ccccc1)CS2. The van der Waals surface area contributed by atoms with E-state index >= 15 is 0 Å². The van der Waals surface area contributed by atoms with Crippen LogP contribution in [0.2, 0.25) is 0 Å². The summed E-state index contributed by atoms with van der Waals surface area (Å²) in [4.78, 5) is 21.2. The summed E-state index contributed by atoms with van der Waals surface area (Å²) in [6.45, 7) is 2.04. The van der Waals surface area contributed by atoms with Crippen LogP contribution in [0.3, 0.4) is 0 Å². The molecule has 0 fully saturated rings. The second-order valence-electron chi connectivity index (χ2n) is 4.80. The molecule has 0 spiro atoms. The highest BCUT2D eigenvalue weighted by Gasteiger charge is 2.19. The number of aromatic nitrogens is 1. The first-order valence-corrected chi connectivity index (χ1v) is 8.16. The minimum absolute atomic E-state index is 0.287. The van der Waals surface area contributed by atoms with E-state index in [9.17, 15) is 4.79 Å². The number of pyridine rings is 1. The molecule has 0 saturated carbocycles. The molecule has 1 aromatic carbocycles. The maximum atomic E-state index is 11.5. The van der Waals surface area contributed by atoms with E-state index in [4.69, 9.17) is 10.5 Å². The largest absolute Gasteiger partial charge is 0.450 e. The Morgan fingerprint density at radius 3 is 2.91 bits per heavy atom. The topological polar surface area (TPSA) is 89.6 Å². The number of thioether (sulfide) groups is 1. The van der Waals surface area contributed by atoms with Crippen LogP contribution in [-0.4, -0.2) is 29.1 Å². The van der Waals surface area contributed by atoms with Crippen molar-refractivity contribution in [3.8, 4) is 0 Å². The number of amides is 1. The molecule has 1 aliphatic rings. The number of anilines is 2. The number of fused-ring (bicyclic) bond motifs is 1. The third-order valence-corrected chi connectivity index (χ3v) is 4.25. The Labute approximate surface area is 138 Å². The minimum atomic E-state index is -0.548. The predicted molar refractivity (Wildman–Crippen MR) is 92.7 cm³/mol. The summed E-state index contributed by atoms with van der Waals surface area (Å²) in [5.41, 5.74) is 8.69. The van der Waals surface area contributed by atoms with Crippen molar-refractivity contribution in [1.82, 2.24) is 4.98 Å². The highest BCUT2D eigenvalue weighted by molar-refractivity contribution is 8.00. The van der Waals surface area contributed by atoms with Gasteiger partial charge in [-0.2, -0.15) is 0 Å². The fourth-order valence-corrected chi connectivity index (χ4v) is 3.19. The van der Waals surface area contributed by atoms with Crippen molar-refractivity contribution in [1.29, 1.82) is 0 Å². The van der Waals surface area contributed by atoms with E-state index in [1.165, 1.54) is 0 Å². The Morgan fingerprint density at radius 1 is 1.39 bits per heavy atom. The Hall–Kier alpha value is -2.54. The second-order valence-corrected chi connectivity index (χ2v) is 5.82. The van der Waals surface area contributed by atoms with Crippen LogP contribution in [0.1, 0.15) is 12.5 Å². The summed E-state index contributed by atoms with van der Waals surface area (Å²) in [5, 5.41) is 2.56. The normalized spacial score (nSPS) is 13.0. The lowest BCUT2D eigenvalue weighted by Crippen LogP contribution is -2.15. The van der Waals surface area contributed by atoms with Gasteiger partial charge in [0.15, 0.2) is 5.82 Å². The van der Waals surface area contributed by atoms with Crippen molar-refractivity contribution in [2.75, 3.05) is 23.4 Å². The smallest absolute Gasteiger partial charge is 0.412 e. The number of hydrogen-bond donors (Lipinski definition) is 2. The monoisotopic (exact) mass is 328 g/mol. The highest BCUT2D eigenvalue weighted by Crippen LogP contribution is 2.39. The van der Waals surface area contributed by atoms with Gasteiger partial charge in [-0.15, -0.1) is 11.8 Å². The van der Waals surface area contributed by atoms with E-state index in [1.807, 2.05) is 30.3 Å². The van der Waals surface area contributed by atoms with Crippen LogP contribution in [0.4, 0.5) is 22.1 Å².